The summed E-state index contributed by atoms with van der Waals surface area (Å²) in [5, 5.41) is 11.2. The Morgan fingerprint density at radius 2 is 1.80 bits per heavy atom. The van der Waals surface area contributed by atoms with Crippen LogP contribution in [0.4, 0.5) is 0 Å². The smallest absolute Gasteiger partial charge is 0.276 e. The summed E-state index contributed by atoms with van der Waals surface area (Å²) in [7, 11) is 4.72. The van der Waals surface area contributed by atoms with E-state index in [0.29, 0.717) is 39.0 Å². The maximum absolute atomic E-state index is 13.1. The second-order valence-corrected chi connectivity index (χ2v) is 7.70. The highest BCUT2D eigenvalue weighted by Crippen LogP contribution is 2.43. The molecule has 2 aliphatic rings. The first-order valence-electron chi connectivity index (χ1n) is 9.40. The molecule has 4 rings (SSSR count). The number of nitrogens with one attached hydrogen (secondary N) is 1. The van der Waals surface area contributed by atoms with Crippen molar-refractivity contribution in [2.24, 2.45) is 10.1 Å². The van der Waals surface area contributed by atoms with Crippen LogP contribution >= 0.6 is 11.8 Å². The second kappa shape index (κ2) is 8.27. The van der Waals surface area contributed by atoms with Gasteiger partial charge in [0.1, 0.15) is 22.9 Å². The molecule has 1 atom stereocenters. The first kappa shape index (κ1) is 20.1. The summed E-state index contributed by atoms with van der Waals surface area (Å²) in [5.74, 6) is 2.21. The van der Waals surface area contributed by atoms with Gasteiger partial charge in [-0.05, 0) is 11.8 Å². The number of thioether (sulfide) groups is 1. The summed E-state index contributed by atoms with van der Waals surface area (Å²) in [6, 6.07) is 11.0. The molecule has 0 saturated carbocycles. The maximum atomic E-state index is 13.1. The van der Waals surface area contributed by atoms with E-state index in [-0.39, 0.29) is 5.91 Å². The molecule has 2 aromatic rings. The Kier molecular flexibility index (Phi) is 5.54. The van der Waals surface area contributed by atoms with Crippen molar-refractivity contribution >= 4 is 28.5 Å². The van der Waals surface area contributed by atoms with Crippen LogP contribution in [0.5, 0.6) is 17.2 Å². The summed E-state index contributed by atoms with van der Waals surface area (Å²) in [6.45, 7) is 2.00. The molecular formula is C21H22N4O4S. The SMILES string of the molecule is CCSC1=NN2C(=c3ccccc3=N[C@@H]2c2c(OC)cc(OC)cc2OC)C(=O)N1. The zero-order valence-electron chi connectivity index (χ0n) is 17.1. The Bertz CT molecular complexity index is 1120. The largest absolute Gasteiger partial charge is 0.496 e. The van der Waals surface area contributed by atoms with E-state index >= 15 is 0 Å². The Balaban J connectivity index is 2.00. The van der Waals surface area contributed by atoms with Crippen LogP contribution in [0.3, 0.4) is 0 Å². The van der Waals surface area contributed by atoms with Crippen LogP contribution in [0.15, 0.2) is 46.5 Å². The Morgan fingerprint density at radius 1 is 1.10 bits per heavy atom. The number of hydrogen-bond donors (Lipinski definition) is 1. The summed E-state index contributed by atoms with van der Waals surface area (Å²) < 4.78 is 16.7. The molecule has 30 heavy (non-hydrogen) atoms. The first-order chi connectivity index (χ1) is 14.6. The van der Waals surface area contributed by atoms with Gasteiger partial charge in [0.15, 0.2) is 11.3 Å². The number of hydrazone groups is 1. The molecule has 0 aliphatic carbocycles. The van der Waals surface area contributed by atoms with Gasteiger partial charge < -0.3 is 14.2 Å². The van der Waals surface area contributed by atoms with Gasteiger partial charge >= 0.3 is 0 Å². The predicted octanol–water partition coefficient (Wildman–Crippen LogP) is 1.61. The zero-order chi connectivity index (χ0) is 21.3. The van der Waals surface area contributed by atoms with Crippen LogP contribution in [0, 0.1) is 0 Å². The first-order valence-corrected chi connectivity index (χ1v) is 10.4. The van der Waals surface area contributed by atoms with Crippen LogP contribution in [0.2, 0.25) is 0 Å². The molecule has 9 heteroatoms. The lowest BCUT2D eigenvalue weighted by Gasteiger charge is -2.35. The Morgan fingerprint density at radius 3 is 2.43 bits per heavy atom. The molecule has 2 heterocycles. The molecule has 0 fully saturated rings. The number of amidine groups is 1. The van der Waals surface area contributed by atoms with Crippen molar-refractivity contribution < 1.29 is 19.0 Å². The van der Waals surface area contributed by atoms with Crippen LogP contribution in [-0.4, -0.2) is 43.2 Å². The molecule has 2 aromatic carbocycles. The minimum absolute atomic E-state index is 0.222. The monoisotopic (exact) mass is 426 g/mol. The van der Waals surface area contributed by atoms with Gasteiger partial charge in [-0.25, -0.2) is 5.01 Å². The molecule has 1 N–H and O–H groups in total. The zero-order valence-corrected chi connectivity index (χ0v) is 17.9. The quantitative estimate of drug-likeness (QED) is 0.782. The number of benzene rings is 2. The topological polar surface area (TPSA) is 84.8 Å². The van der Waals surface area contributed by atoms with Crippen molar-refractivity contribution in [1.82, 2.24) is 10.3 Å². The Hall–Kier alpha value is -3.20. The minimum atomic E-state index is -0.649. The van der Waals surface area contributed by atoms with E-state index in [0.717, 1.165) is 11.0 Å². The van der Waals surface area contributed by atoms with Gasteiger partial charge in [-0.2, -0.15) is 0 Å². The molecule has 0 spiro atoms. The van der Waals surface area contributed by atoms with Crippen LogP contribution in [0.25, 0.3) is 5.70 Å². The fourth-order valence-electron chi connectivity index (χ4n) is 3.50. The summed E-state index contributed by atoms with van der Waals surface area (Å²) >= 11 is 1.46. The lowest BCUT2D eigenvalue weighted by Crippen LogP contribution is -2.50. The molecule has 156 valence electrons. The lowest BCUT2D eigenvalue weighted by molar-refractivity contribution is -0.116. The minimum Gasteiger partial charge on any atom is -0.496 e. The second-order valence-electron chi connectivity index (χ2n) is 6.45. The Labute approximate surface area is 178 Å². The third kappa shape index (κ3) is 3.35. The lowest BCUT2D eigenvalue weighted by atomic mass is 10.1. The highest BCUT2D eigenvalue weighted by atomic mass is 32.2. The van der Waals surface area contributed by atoms with Crippen molar-refractivity contribution in [3.63, 3.8) is 0 Å². The number of para-hydroxylation sites is 1. The third-order valence-electron chi connectivity index (χ3n) is 4.81. The highest BCUT2D eigenvalue weighted by Gasteiger charge is 2.37. The number of rotatable bonds is 5. The number of nitrogens with zero attached hydrogens (tertiary/aromatic N) is 3. The normalized spacial score (nSPS) is 17.3. The van der Waals surface area contributed by atoms with Gasteiger partial charge in [-0.15, -0.1) is 5.10 Å². The number of carbonyl (C=O) groups is 1. The van der Waals surface area contributed by atoms with E-state index < -0.39 is 6.17 Å². The van der Waals surface area contributed by atoms with E-state index in [1.54, 1.807) is 38.5 Å². The fourth-order valence-corrected chi connectivity index (χ4v) is 4.09. The van der Waals surface area contributed by atoms with E-state index in [9.17, 15) is 4.79 Å². The average Bonchev–Trinajstić information content (AvgIpc) is 2.77. The van der Waals surface area contributed by atoms with Crippen LogP contribution in [0.1, 0.15) is 18.7 Å². The van der Waals surface area contributed by atoms with Crippen molar-refractivity contribution in [2.45, 2.75) is 13.1 Å². The van der Waals surface area contributed by atoms with Gasteiger partial charge in [0.05, 0.1) is 32.3 Å². The van der Waals surface area contributed by atoms with Gasteiger partial charge in [-0.1, -0.05) is 36.9 Å². The molecule has 2 aliphatic heterocycles. The van der Waals surface area contributed by atoms with Crippen LogP contribution < -0.4 is 30.1 Å². The van der Waals surface area contributed by atoms with Crippen molar-refractivity contribution in [3.05, 3.63) is 52.5 Å². The number of amides is 1. The van der Waals surface area contributed by atoms with Crippen LogP contribution in [-0.2, 0) is 4.79 Å². The van der Waals surface area contributed by atoms with Gasteiger partial charge in [0.25, 0.3) is 5.91 Å². The molecular weight excluding hydrogens is 404 g/mol. The molecule has 1 amide bonds. The standard InChI is InChI=1S/C21H22N4O4S/c1-5-30-21-23-20(26)18-13-8-6-7-9-14(13)22-19(25(18)24-21)17-15(28-3)10-12(27-2)11-16(17)29-4/h6-11,19H,5H2,1-4H3,(H,23,24,26)/t19-/m0/s1. The molecule has 0 aromatic heterocycles. The molecule has 0 bridgehead atoms. The maximum Gasteiger partial charge on any atom is 0.276 e. The molecule has 8 nitrogen and oxygen atoms in total. The van der Waals surface area contributed by atoms with Gasteiger partial charge in [0, 0.05) is 17.4 Å². The van der Waals surface area contributed by atoms with E-state index in [4.69, 9.17) is 24.3 Å². The number of hydrogen-bond acceptors (Lipinski definition) is 8. The summed E-state index contributed by atoms with van der Waals surface area (Å²) in [6.07, 6.45) is -0.649. The van der Waals surface area contributed by atoms with E-state index in [1.165, 1.54) is 11.8 Å². The molecule has 0 unspecified atom stereocenters. The van der Waals surface area contributed by atoms with Crippen molar-refractivity contribution in [1.29, 1.82) is 0 Å². The third-order valence-corrected chi connectivity index (χ3v) is 5.55. The number of carbonyl (C=O) groups excluding carboxylic acids is 1. The van der Waals surface area contributed by atoms with E-state index in [2.05, 4.69) is 5.32 Å². The fraction of sp³-hybridized carbons (Fsp3) is 0.286. The summed E-state index contributed by atoms with van der Waals surface area (Å²) in [4.78, 5) is 18.0. The highest BCUT2D eigenvalue weighted by molar-refractivity contribution is 8.13. The predicted molar refractivity (Wildman–Crippen MR) is 115 cm³/mol. The van der Waals surface area contributed by atoms with Gasteiger partial charge in [0.2, 0.25) is 0 Å². The number of fused-ring (bicyclic) bond motifs is 2. The molecule has 0 radical (unpaired) electrons. The summed E-state index contributed by atoms with van der Waals surface area (Å²) in [5.41, 5.74) is 1.10. The van der Waals surface area contributed by atoms with E-state index in [1.807, 2.05) is 31.2 Å². The van der Waals surface area contributed by atoms with Crippen molar-refractivity contribution in [2.75, 3.05) is 27.1 Å². The number of methoxy groups -OCH3 is 3. The average molecular weight is 426 g/mol. The van der Waals surface area contributed by atoms with Gasteiger partial charge in [-0.3, -0.25) is 15.1 Å². The van der Waals surface area contributed by atoms with Crippen molar-refractivity contribution in [3.8, 4) is 17.2 Å². The number of ether oxygens (including phenoxy) is 3. The molecule has 0 saturated heterocycles.